The predicted molar refractivity (Wildman–Crippen MR) is 76.9 cm³/mol. The van der Waals surface area contributed by atoms with Crippen LogP contribution in [0, 0.1) is 0 Å². The first-order chi connectivity index (χ1) is 8.86. The Morgan fingerprint density at radius 2 is 1.94 bits per heavy atom. The van der Waals surface area contributed by atoms with Crippen LogP contribution in [-0.2, 0) is 4.74 Å². The fourth-order valence-electron chi connectivity index (χ4n) is 2.15. The lowest BCUT2D eigenvalue weighted by atomic mass is 10.0. The molecular formula is C15H19NOS. The number of hydrogen-bond acceptors (Lipinski definition) is 3. The van der Waals surface area contributed by atoms with Crippen molar-refractivity contribution in [2.75, 3.05) is 13.7 Å². The normalized spacial score (nSPS) is 14.3. The molecule has 2 unspecified atom stereocenters. The van der Waals surface area contributed by atoms with Crippen LogP contribution in [0.1, 0.15) is 29.5 Å². The van der Waals surface area contributed by atoms with Crippen LogP contribution in [-0.4, -0.2) is 13.7 Å². The molecule has 1 aromatic heterocycles. The minimum atomic E-state index is 0.0461. The van der Waals surface area contributed by atoms with Crippen molar-refractivity contribution in [3.8, 4) is 0 Å². The molecule has 3 heteroatoms. The van der Waals surface area contributed by atoms with E-state index in [0.29, 0.717) is 0 Å². The highest BCUT2D eigenvalue weighted by atomic mass is 32.1. The zero-order valence-corrected chi connectivity index (χ0v) is 11.6. The summed E-state index contributed by atoms with van der Waals surface area (Å²) in [7, 11) is 1.77. The van der Waals surface area contributed by atoms with Crippen molar-refractivity contribution in [3.63, 3.8) is 0 Å². The van der Waals surface area contributed by atoms with Crippen LogP contribution in [0.3, 0.4) is 0 Å². The monoisotopic (exact) mass is 261 g/mol. The first-order valence-corrected chi connectivity index (χ1v) is 7.09. The molecule has 0 radical (unpaired) electrons. The molecule has 1 N–H and O–H groups in total. The SMILES string of the molecule is CCNC(c1cccs1)C(OC)c1ccccc1. The van der Waals surface area contributed by atoms with Gasteiger partial charge >= 0.3 is 0 Å². The Kier molecular flexibility index (Phi) is 4.93. The fourth-order valence-corrected chi connectivity index (χ4v) is 2.98. The number of likely N-dealkylation sites (N-methyl/N-ethyl adjacent to an activating group) is 1. The lowest BCUT2D eigenvalue weighted by Crippen LogP contribution is -2.27. The van der Waals surface area contributed by atoms with Crippen molar-refractivity contribution in [1.29, 1.82) is 0 Å². The molecule has 0 aliphatic carbocycles. The van der Waals surface area contributed by atoms with Gasteiger partial charge in [0.05, 0.1) is 6.04 Å². The molecule has 0 aliphatic rings. The molecule has 0 aliphatic heterocycles. The van der Waals surface area contributed by atoms with Gasteiger partial charge in [-0.2, -0.15) is 0 Å². The average Bonchev–Trinajstić information content (AvgIpc) is 2.93. The van der Waals surface area contributed by atoms with Gasteiger partial charge < -0.3 is 10.1 Å². The van der Waals surface area contributed by atoms with Crippen LogP contribution in [0.2, 0.25) is 0 Å². The summed E-state index contributed by atoms with van der Waals surface area (Å²) in [5.41, 5.74) is 1.21. The van der Waals surface area contributed by atoms with E-state index in [1.165, 1.54) is 10.4 Å². The average molecular weight is 261 g/mol. The molecule has 1 aromatic carbocycles. The van der Waals surface area contributed by atoms with Crippen LogP contribution >= 0.6 is 11.3 Å². The van der Waals surface area contributed by atoms with Gasteiger partial charge in [-0.25, -0.2) is 0 Å². The molecule has 1 heterocycles. The second-order valence-electron chi connectivity index (χ2n) is 4.12. The topological polar surface area (TPSA) is 21.3 Å². The third-order valence-electron chi connectivity index (χ3n) is 2.96. The Morgan fingerprint density at radius 1 is 1.17 bits per heavy atom. The maximum Gasteiger partial charge on any atom is 0.102 e. The summed E-state index contributed by atoms with van der Waals surface area (Å²) in [6, 6.07) is 14.8. The molecule has 0 spiro atoms. The number of thiophene rings is 1. The predicted octanol–water partition coefficient (Wildman–Crippen LogP) is 3.79. The summed E-state index contributed by atoms with van der Waals surface area (Å²) in [6.07, 6.45) is 0.0461. The largest absolute Gasteiger partial charge is 0.375 e. The van der Waals surface area contributed by atoms with Gasteiger partial charge in [0.25, 0.3) is 0 Å². The van der Waals surface area contributed by atoms with E-state index >= 15 is 0 Å². The van der Waals surface area contributed by atoms with Crippen molar-refractivity contribution in [2.24, 2.45) is 0 Å². The fraction of sp³-hybridized carbons (Fsp3) is 0.333. The smallest absolute Gasteiger partial charge is 0.102 e. The van der Waals surface area contributed by atoms with E-state index in [4.69, 9.17) is 4.74 Å². The second-order valence-corrected chi connectivity index (χ2v) is 5.10. The van der Waals surface area contributed by atoms with Crippen LogP contribution in [0.15, 0.2) is 47.8 Å². The summed E-state index contributed by atoms with van der Waals surface area (Å²) < 4.78 is 5.72. The number of rotatable bonds is 6. The maximum atomic E-state index is 5.72. The summed E-state index contributed by atoms with van der Waals surface area (Å²) in [5.74, 6) is 0. The third kappa shape index (κ3) is 2.99. The lowest BCUT2D eigenvalue weighted by molar-refractivity contribution is 0.0692. The number of methoxy groups -OCH3 is 1. The Balaban J connectivity index is 2.28. The van der Waals surface area contributed by atoms with Gasteiger partial charge in [0.1, 0.15) is 6.10 Å². The van der Waals surface area contributed by atoms with Gasteiger partial charge in [0, 0.05) is 12.0 Å². The molecule has 0 bridgehead atoms. The van der Waals surface area contributed by atoms with Crippen LogP contribution < -0.4 is 5.32 Å². The van der Waals surface area contributed by atoms with Gasteiger partial charge in [-0.05, 0) is 23.6 Å². The van der Waals surface area contributed by atoms with Crippen LogP contribution in [0.5, 0.6) is 0 Å². The van der Waals surface area contributed by atoms with E-state index in [0.717, 1.165) is 6.54 Å². The maximum absolute atomic E-state index is 5.72. The van der Waals surface area contributed by atoms with E-state index < -0.39 is 0 Å². The molecule has 0 fully saturated rings. The highest BCUT2D eigenvalue weighted by Crippen LogP contribution is 2.33. The second kappa shape index (κ2) is 6.69. The van der Waals surface area contributed by atoms with Gasteiger partial charge in [0.15, 0.2) is 0 Å². The molecule has 2 nitrogen and oxygen atoms in total. The van der Waals surface area contributed by atoms with Crippen molar-refractivity contribution < 1.29 is 4.74 Å². The summed E-state index contributed by atoms with van der Waals surface area (Å²) in [6.45, 7) is 3.05. The minimum absolute atomic E-state index is 0.0461. The Morgan fingerprint density at radius 3 is 2.50 bits per heavy atom. The quantitative estimate of drug-likeness (QED) is 0.854. The van der Waals surface area contributed by atoms with E-state index in [2.05, 4.69) is 54.0 Å². The zero-order chi connectivity index (χ0) is 12.8. The van der Waals surface area contributed by atoms with Crippen LogP contribution in [0.25, 0.3) is 0 Å². The standard InChI is InChI=1S/C15H19NOS/c1-3-16-14(13-10-7-11-18-13)15(17-2)12-8-5-4-6-9-12/h4-11,14-16H,3H2,1-2H3. The minimum Gasteiger partial charge on any atom is -0.375 e. The Hall–Kier alpha value is -1.16. The summed E-state index contributed by atoms with van der Waals surface area (Å²) in [5, 5.41) is 5.63. The molecule has 18 heavy (non-hydrogen) atoms. The van der Waals surface area contributed by atoms with Crippen LogP contribution in [0.4, 0.5) is 0 Å². The van der Waals surface area contributed by atoms with E-state index in [1.54, 1.807) is 18.4 Å². The number of hydrogen-bond donors (Lipinski definition) is 1. The van der Waals surface area contributed by atoms with E-state index in [-0.39, 0.29) is 12.1 Å². The Labute approximate surface area is 113 Å². The van der Waals surface area contributed by atoms with E-state index in [9.17, 15) is 0 Å². The van der Waals surface area contributed by atoms with Gasteiger partial charge in [-0.3, -0.25) is 0 Å². The van der Waals surface area contributed by atoms with Crippen molar-refractivity contribution >= 4 is 11.3 Å². The van der Waals surface area contributed by atoms with Crippen molar-refractivity contribution in [1.82, 2.24) is 5.32 Å². The number of nitrogens with one attached hydrogen (secondary N) is 1. The highest BCUT2D eigenvalue weighted by molar-refractivity contribution is 7.10. The molecule has 96 valence electrons. The van der Waals surface area contributed by atoms with Gasteiger partial charge in [-0.1, -0.05) is 43.3 Å². The first kappa shape index (κ1) is 13.3. The zero-order valence-electron chi connectivity index (χ0n) is 10.8. The summed E-state index contributed by atoms with van der Waals surface area (Å²) >= 11 is 1.77. The third-order valence-corrected chi connectivity index (χ3v) is 3.91. The Bertz CT molecular complexity index is 441. The molecule has 0 saturated heterocycles. The highest BCUT2D eigenvalue weighted by Gasteiger charge is 2.24. The van der Waals surface area contributed by atoms with Crippen molar-refractivity contribution in [2.45, 2.75) is 19.1 Å². The molecule has 2 aromatic rings. The molecule has 2 atom stereocenters. The summed E-state index contributed by atoms with van der Waals surface area (Å²) in [4.78, 5) is 1.31. The number of benzene rings is 1. The molecule has 0 amide bonds. The number of ether oxygens (including phenoxy) is 1. The van der Waals surface area contributed by atoms with Gasteiger partial charge in [-0.15, -0.1) is 11.3 Å². The lowest BCUT2D eigenvalue weighted by Gasteiger charge is -2.26. The molecular weight excluding hydrogens is 242 g/mol. The van der Waals surface area contributed by atoms with E-state index in [1.807, 2.05) is 6.07 Å². The molecule has 0 saturated carbocycles. The molecule has 2 rings (SSSR count). The van der Waals surface area contributed by atoms with Gasteiger partial charge in [0.2, 0.25) is 0 Å². The first-order valence-electron chi connectivity index (χ1n) is 6.21. The van der Waals surface area contributed by atoms with Crippen molar-refractivity contribution in [3.05, 3.63) is 58.3 Å².